The Morgan fingerprint density at radius 3 is 2.36 bits per heavy atom. The summed E-state index contributed by atoms with van der Waals surface area (Å²) in [5.41, 5.74) is 2.27. The van der Waals surface area contributed by atoms with Crippen molar-refractivity contribution in [3.63, 3.8) is 0 Å². The number of carboxylic acids is 1. The molecule has 2 rings (SSSR count). The maximum Gasteiger partial charge on any atom is 0.308 e. The van der Waals surface area contributed by atoms with Gasteiger partial charge in [-0.25, -0.2) is 0 Å². The van der Waals surface area contributed by atoms with Crippen molar-refractivity contribution in [2.24, 2.45) is 5.92 Å². The fourth-order valence-corrected chi connectivity index (χ4v) is 2.19. The lowest BCUT2D eigenvalue weighted by Crippen LogP contribution is -2.37. The van der Waals surface area contributed by atoms with Crippen LogP contribution in [0.25, 0.3) is 0 Å². The van der Waals surface area contributed by atoms with E-state index in [1.54, 1.807) is 31.2 Å². The van der Waals surface area contributed by atoms with E-state index >= 15 is 0 Å². The minimum absolute atomic E-state index is 0.131. The van der Waals surface area contributed by atoms with Crippen LogP contribution >= 0.6 is 0 Å². The first-order valence-electron chi connectivity index (χ1n) is 7.15. The first-order chi connectivity index (χ1) is 10.5. The van der Waals surface area contributed by atoms with Crippen LogP contribution < -0.4 is 4.90 Å². The maximum absolute atomic E-state index is 12.7. The van der Waals surface area contributed by atoms with E-state index < -0.39 is 11.9 Å². The number of anilines is 1. The molecule has 22 heavy (non-hydrogen) atoms. The maximum atomic E-state index is 12.7. The third-order valence-electron chi connectivity index (χ3n) is 3.46. The van der Waals surface area contributed by atoms with Crippen LogP contribution in [0.15, 0.2) is 54.6 Å². The standard InChI is InChI=1S/C18H19NO3/c1-13-7-6-10-16(11-13)19(12-14(2)18(21)22)17(20)15-8-4-3-5-9-15/h3-11,14H,12H2,1-2H3,(H,21,22). The van der Waals surface area contributed by atoms with Crippen LogP contribution in [0.2, 0.25) is 0 Å². The lowest BCUT2D eigenvalue weighted by atomic mass is 10.1. The average molecular weight is 297 g/mol. The topological polar surface area (TPSA) is 57.6 Å². The van der Waals surface area contributed by atoms with E-state index in [2.05, 4.69) is 0 Å². The highest BCUT2D eigenvalue weighted by Gasteiger charge is 2.23. The number of amides is 1. The van der Waals surface area contributed by atoms with Crippen molar-refractivity contribution >= 4 is 17.6 Å². The van der Waals surface area contributed by atoms with Crippen LogP contribution in [0, 0.1) is 12.8 Å². The smallest absolute Gasteiger partial charge is 0.308 e. The molecule has 4 heteroatoms. The predicted octanol–water partition coefficient (Wildman–Crippen LogP) is 3.36. The van der Waals surface area contributed by atoms with Gasteiger partial charge in [0, 0.05) is 17.8 Å². The second-order valence-corrected chi connectivity index (χ2v) is 5.36. The monoisotopic (exact) mass is 297 g/mol. The van der Waals surface area contributed by atoms with Gasteiger partial charge >= 0.3 is 5.97 Å². The van der Waals surface area contributed by atoms with Crippen LogP contribution in [0.3, 0.4) is 0 Å². The molecule has 4 nitrogen and oxygen atoms in total. The molecule has 1 unspecified atom stereocenters. The largest absolute Gasteiger partial charge is 0.481 e. The van der Waals surface area contributed by atoms with Crippen LogP contribution in [-0.2, 0) is 4.79 Å². The van der Waals surface area contributed by atoms with E-state index in [1.807, 2.05) is 37.3 Å². The summed E-state index contributed by atoms with van der Waals surface area (Å²) in [6.45, 7) is 3.67. The van der Waals surface area contributed by atoms with Gasteiger partial charge in [0.25, 0.3) is 5.91 Å². The Morgan fingerprint density at radius 2 is 1.77 bits per heavy atom. The molecular formula is C18H19NO3. The van der Waals surface area contributed by atoms with Crippen molar-refractivity contribution in [2.45, 2.75) is 13.8 Å². The van der Waals surface area contributed by atoms with Gasteiger partial charge in [-0.2, -0.15) is 0 Å². The van der Waals surface area contributed by atoms with Crippen molar-refractivity contribution in [3.8, 4) is 0 Å². The third-order valence-corrected chi connectivity index (χ3v) is 3.46. The zero-order chi connectivity index (χ0) is 16.1. The lowest BCUT2D eigenvalue weighted by Gasteiger charge is -2.25. The molecule has 0 aliphatic carbocycles. The van der Waals surface area contributed by atoms with Gasteiger partial charge in [0.2, 0.25) is 0 Å². The SMILES string of the molecule is Cc1cccc(N(CC(C)C(=O)O)C(=O)c2ccccc2)c1. The summed E-state index contributed by atoms with van der Waals surface area (Å²) in [4.78, 5) is 25.4. The molecule has 1 N–H and O–H groups in total. The molecule has 1 atom stereocenters. The molecule has 2 aromatic carbocycles. The Bertz CT molecular complexity index is 667. The zero-order valence-electron chi connectivity index (χ0n) is 12.7. The Labute approximate surface area is 130 Å². The molecule has 0 fully saturated rings. The van der Waals surface area contributed by atoms with Crippen molar-refractivity contribution in [1.82, 2.24) is 0 Å². The first-order valence-corrected chi connectivity index (χ1v) is 7.15. The van der Waals surface area contributed by atoms with E-state index in [1.165, 1.54) is 4.90 Å². The second-order valence-electron chi connectivity index (χ2n) is 5.36. The van der Waals surface area contributed by atoms with Gasteiger partial charge in [0.05, 0.1) is 5.92 Å². The summed E-state index contributed by atoms with van der Waals surface area (Å²) < 4.78 is 0. The van der Waals surface area contributed by atoms with Crippen LogP contribution in [0.4, 0.5) is 5.69 Å². The summed E-state index contributed by atoms with van der Waals surface area (Å²) in [5.74, 6) is -1.76. The number of nitrogens with zero attached hydrogens (tertiary/aromatic N) is 1. The molecule has 0 radical (unpaired) electrons. The number of carbonyl (C=O) groups excluding carboxylic acids is 1. The normalized spacial score (nSPS) is 11.7. The molecule has 2 aromatic rings. The minimum atomic E-state index is -0.918. The van der Waals surface area contributed by atoms with Crippen molar-refractivity contribution < 1.29 is 14.7 Å². The Morgan fingerprint density at radius 1 is 1.09 bits per heavy atom. The number of rotatable bonds is 5. The Kier molecular flexibility index (Phi) is 4.94. The van der Waals surface area contributed by atoms with Gasteiger partial charge < -0.3 is 10.0 Å². The number of carboxylic acid groups (broad SMARTS) is 1. The number of benzene rings is 2. The fraction of sp³-hybridized carbons (Fsp3) is 0.222. The van der Waals surface area contributed by atoms with E-state index in [0.29, 0.717) is 11.3 Å². The summed E-state index contributed by atoms with van der Waals surface area (Å²) in [6, 6.07) is 16.4. The Balaban J connectivity index is 2.37. The van der Waals surface area contributed by atoms with Crippen molar-refractivity contribution in [1.29, 1.82) is 0 Å². The van der Waals surface area contributed by atoms with E-state index in [0.717, 1.165) is 5.56 Å². The quantitative estimate of drug-likeness (QED) is 0.920. The van der Waals surface area contributed by atoms with E-state index in [4.69, 9.17) is 5.11 Å². The molecule has 0 aromatic heterocycles. The molecule has 1 amide bonds. The van der Waals surface area contributed by atoms with Crippen LogP contribution in [0.1, 0.15) is 22.8 Å². The summed E-state index contributed by atoms with van der Waals surface area (Å²) in [5, 5.41) is 9.15. The van der Waals surface area contributed by atoms with Gasteiger partial charge in [0.15, 0.2) is 0 Å². The molecule has 0 bridgehead atoms. The summed E-state index contributed by atoms with van der Waals surface area (Å²) in [6.07, 6.45) is 0. The summed E-state index contributed by atoms with van der Waals surface area (Å²) in [7, 11) is 0. The first kappa shape index (κ1) is 15.8. The van der Waals surface area contributed by atoms with Crippen molar-refractivity contribution in [3.05, 3.63) is 65.7 Å². The zero-order valence-corrected chi connectivity index (χ0v) is 12.7. The third kappa shape index (κ3) is 3.73. The lowest BCUT2D eigenvalue weighted by molar-refractivity contribution is -0.140. The highest BCUT2D eigenvalue weighted by atomic mass is 16.4. The molecule has 114 valence electrons. The van der Waals surface area contributed by atoms with E-state index in [-0.39, 0.29) is 12.5 Å². The Hall–Kier alpha value is -2.62. The van der Waals surface area contributed by atoms with Gasteiger partial charge in [-0.1, -0.05) is 37.3 Å². The predicted molar refractivity (Wildman–Crippen MR) is 86.1 cm³/mol. The second kappa shape index (κ2) is 6.89. The molecule has 0 saturated heterocycles. The minimum Gasteiger partial charge on any atom is -0.481 e. The van der Waals surface area contributed by atoms with E-state index in [9.17, 15) is 9.59 Å². The number of aliphatic carboxylic acids is 1. The fourth-order valence-electron chi connectivity index (χ4n) is 2.19. The number of hydrogen-bond acceptors (Lipinski definition) is 2. The summed E-state index contributed by atoms with van der Waals surface area (Å²) >= 11 is 0. The molecule has 0 spiro atoms. The highest BCUT2D eigenvalue weighted by molar-refractivity contribution is 6.06. The molecule has 0 heterocycles. The van der Waals surface area contributed by atoms with Gasteiger partial charge in [-0.3, -0.25) is 9.59 Å². The number of hydrogen-bond donors (Lipinski definition) is 1. The molecule has 0 aliphatic heterocycles. The van der Waals surface area contributed by atoms with Crippen LogP contribution in [-0.4, -0.2) is 23.5 Å². The van der Waals surface area contributed by atoms with Gasteiger partial charge in [0.1, 0.15) is 0 Å². The van der Waals surface area contributed by atoms with Gasteiger partial charge in [-0.15, -0.1) is 0 Å². The molecule has 0 saturated carbocycles. The number of aryl methyl sites for hydroxylation is 1. The molecule has 0 aliphatic rings. The van der Waals surface area contributed by atoms with Gasteiger partial charge in [-0.05, 0) is 36.8 Å². The van der Waals surface area contributed by atoms with Crippen LogP contribution in [0.5, 0.6) is 0 Å². The number of carbonyl (C=O) groups is 2. The van der Waals surface area contributed by atoms with Crippen molar-refractivity contribution in [2.75, 3.05) is 11.4 Å². The average Bonchev–Trinajstić information content (AvgIpc) is 2.52. The molecular weight excluding hydrogens is 278 g/mol. The highest BCUT2D eigenvalue weighted by Crippen LogP contribution is 2.20.